The highest BCUT2D eigenvalue weighted by molar-refractivity contribution is 5.32. The van der Waals surface area contributed by atoms with E-state index in [1.54, 1.807) is 6.07 Å². The zero-order valence-electron chi connectivity index (χ0n) is 10.2. The van der Waals surface area contributed by atoms with Crippen molar-refractivity contribution in [1.82, 2.24) is 0 Å². The Balaban J connectivity index is 2.99. The van der Waals surface area contributed by atoms with Crippen LogP contribution >= 0.6 is 0 Å². The van der Waals surface area contributed by atoms with Crippen LogP contribution in [0.1, 0.15) is 39.2 Å². The van der Waals surface area contributed by atoms with Crippen LogP contribution in [0.5, 0.6) is 5.75 Å². The highest BCUT2D eigenvalue weighted by atomic mass is 19.1. The molecule has 1 rings (SSSR count). The van der Waals surface area contributed by atoms with Gasteiger partial charge in [-0.2, -0.15) is 0 Å². The van der Waals surface area contributed by atoms with E-state index in [1.165, 1.54) is 12.1 Å². The Labute approximate surface area is 96.1 Å². The smallest absolute Gasteiger partial charge is 0.127 e. The fourth-order valence-corrected chi connectivity index (χ4v) is 1.39. The van der Waals surface area contributed by atoms with E-state index in [2.05, 4.69) is 0 Å². The first-order valence-electron chi connectivity index (χ1n) is 5.42. The van der Waals surface area contributed by atoms with Crippen LogP contribution in [0.4, 0.5) is 4.39 Å². The van der Waals surface area contributed by atoms with Gasteiger partial charge in [0.15, 0.2) is 0 Å². The number of hydrogen-bond donors (Lipinski definition) is 1. The van der Waals surface area contributed by atoms with Gasteiger partial charge in [0.2, 0.25) is 0 Å². The van der Waals surface area contributed by atoms with Crippen molar-refractivity contribution >= 4 is 0 Å². The molecule has 3 heteroatoms. The Hall–Kier alpha value is -1.09. The van der Waals surface area contributed by atoms with E-state index in [0.717, 1.165) is 5.56 Å². The van der Waals surface area contributed by atoms with Crippen LogP contribution in [-0.4, -0.2) is 17.3 Å². The summed E-state index contributed by atoms with van der Waals surface area (Å²) in [6, 6.07) is 4.56. The molecular formula is C13H19FO2. The first-order valence-corrected chi connectivity index (χ1v) is 5.42. The van der Waals surface area contributed by atoms with Gasteiger partial charge in [0.25, 0.3) is 0 Å². The Morgan fingerprint density at radius 2 is 1.94 bits per heavy atom. The van der Waals surface area contributed by atoms with Crippen molar-refractivity contribution in [2.24, 2.45) is 0 Å². The Morgan fingerprint density at radius 1 is 1.31 bits per heavy atom. The van der Waals surface area contributed by atoms with Crippen molar-refractivity contribution in [3.05, 3.63) is 29.6 Å². The van der Waals surface area contributed by atoms with Crippen LogP contribution in [0.2, 0.25) is 0 Å². The van der Waals surface area contributed by atoms with Gasteiger partial charge in [0.1, 0.15) is 17.2 Å². The van der Waals surface area contributed by atoms with Gasteiger partial charge in [0.05, 0.1) is 0 Å². The van der Waals surface area contributed by atoms with Crippen LogP contribution in [0.25, 0.3) is 0 Å². The molecule has 0 aliphatic carbocycles. The summed E-state index contributed by atoms with van der Waals surface area (Å²) in [6.07, 6.45) is 0. The minimum absolute atomic E-state index is 0.00158. The van der Waals surface area contributed by atoms with Gasteiger partial charge in [-0.05, 0) is 38.5 Å². The molecule has 1 atom stereocenters. The first kappa shape index (κ1) is 13.0. The molecule has 0 saturated heterocycles. The highest BCUT2D eigenvalue weighted by Crippen LogP contribution is 2.25. The third kappa shape index (κ3) is 3.81. The van der Waals surface area contributed by atoms with Crippen molar-refractivity contribution in [3.63, 3.8) is 0 Å². The van der Waals surface area contributed by atoms with E-state index in [1.807, 2.05) is 27.7 Å². The second-order valence-electron chi connectivity index (χ2n) is 5.02. The molecule has 0 heterocycles. The topological polar surface area (TPSA) is 29.5 Å². The summed E-state index contributed by atoms with van der Waals surface area (Å²) in [5.74, 6) is 0.0814. The lowest BCUT2D eigenvalue weighted by Crippen LogP contribution is -2.23. The maximum absolute atomic E-state index is 13.3. The van der Waals surface area contributed by atoms with Crippen LogP contribution in [0.15, 0.2) is 18.2 Å². The quantitative estimate of drug-likeness (QED) is 0.858. The Morgan fingerprint density at radius 3 is 2.44 bits per heavy atom. The molecule has 0 aliphatic rings. The lowest BCUT2D eigenvalue weighted by molar-refractivity contribution is 0.130. The monoisotopic (exact) mass is 226 g/mol. The molecule has 0 saturated carbocycles. The van der Waals surface area contributed by atoms with Crippen molar-refractivity contribution < 1.29 is 14.2 Å². The average Bonchev–Trinajstić information content (AvgIpc) is 2.12. The summed E-state index contributed by atoms with van der Waals surface area (Å²) in [6.45, 7) is 7.57. The molecule has 1 N–H and O–H groups in total. The first-order chi connectivity index (χ1) is 7.31. The molecule has 0 amide bonds. The maximum Gasteiger partial charge on any atom is 0.127 e. The predicted octanol–water partition coefficient (Wildman–Crippen LogP) is 3.10. The standard InChI is InChI=1S/C13H19FO2/c1-9(8-15)10-5-11(14)7-12(6-10)16-13(2,3)4/h5-7,9,15H,8H2,1-4H3. The lowest BCUT2D eigenvalue weighted by atomic mass is 10.0. The van der Waals surface area contributed by atoms with E-state index in [-0.39, 0.29) is 23.9 Å². The number of hydrogen-bond acceptors (Lipinski definition) is 2. The molecule has 0 spiro atoms. The molecule has 1 unspecified atom stereocenters. The predicted molar refractivity (Wildman–Crippen MR) is 62.3 cm³/mol. The van der Waals surface area contributed by atoms with Gasteiger partial charge >= 0.3 is 0 Å². The number of rotatable bonds is 3. The van der Waals surface area contributed by atoms with E-state index in [9.17, 15) is 4.39 Å². The normalized spacial score (nSPS) is 13.6. The molecule has 0 aliphatic heterocycles. The highest BCUT2D eigenvalue weighted by Gasteiger charge is 2.14. The minimum Gasteiger partial charge on any atom is -0.488 e. The molecule has 0 bridgehead atoms. The zero-order chi connectivity index (χ0) is 12.3. The number of halogens is 1. The SMILES string of the molecule is CC(CO)c1cc(F)cc(OC(C)(C)C)c1. The average molecular weight is 226 g/mol. The van der Waals surface area contributed by atoms with Gasteiger partial charge in [-0.1, -0.05) is 6.92 Å². The molecule has 0 radical (unpaired) electrons. The fraction of sp³-hybridized carbons (Fsp3) is 0.538. The molecule has 1 aromatic rings. The van der Waals surface area contributed by atoms with Gasteiger partial charge in [-0.15, -0.1) is 0 Å². The second kappa shape index (κ2) is 4.83. The summed E-state index contributed by atoms with van der Waals surface area (Å²) >= 11 is 0. The van der Waals surface area contributed by atoms with Crippen LogP contribution < -0.4 is 4.74 Å². The zero-order valence-corrected chi connectivity index (χ0v) is 10.2. The molecule has 0 fully saturated rings. The van der Waals surface area contributed by atoms with Crippen molar-refractivity contribution in [3.8, 4) is 5.75 Å². The largest absolute Gasteiger partial charge is 0.488 e. The Kier molecular flexibility index (Phi) is 3.92. The molecule has 0 aromatic heterocycles. The maximum atomic E-state index is 13.3. The fourth-order valence-electron chi connectivity index (χ4n) is 1.39. The number of aliphatic hydroxyl groups excluding tert-OH is 1. The summed E-state index contributed by atoms with van der Waals surface area (Å²) in [5, 5.41) is 9.04. The minimum atomic E-state index is -0.354. The second-order valence-corrected chi connectivity index (χ2v) is 5.02. The van der Waals surface area contributed by atoms with Crippen molar-refractivity contribution in [1.29, 1.82) is 0 Å². The molecule has 16 heavy (non-hydrogen) atoms. The molecule has 2 nitrogen and oxygen atoms in total. The molecular weight excluding hydrogens is 207 g/mol. The molecule has 90 valence electrons. The number of benzene rings is 1. The Bertz CT molecular complexity index is 355. The summed E-state index contributed by atoms with van der Waals surface area (Å²) in [4.78, 5) is 0. The number of aliphatic hydroxyl groups is 1. The van der Waals surface area contributed by atoms with E-state index in [4.69, 9.17) is 9.84 Å². The lowest BCUT2D eigenvalue weighted by Gasteiger charge is -2.22. The number of ether oxygens (including phenoxy) is 1. The van der Waals surface area contributed by atoms with Gasteiger partial charge in [-0.25, -0.2) is 4.39 Å². The molecule has 1 aromatic carbocycles. The third-order valence-electron chi connectivity index (χ3n) is 2.16. The van der Waals surface area contributed by atoms with Gasteiger partial charge in [0, 0.05) is 18.6 Å². The van der Waals surface area contributed by atoms with E-state index >= 15 is 0 Å². The van der Waals surface area contributed by atoms with Crippen molar-refractivity contribution in [2.45, 2.75) is 39.2 Å². The van der Waals surface area contributed by atoms with Crippen LogP contribution in [0.3, 0.4) is 0 Å². The van der Waals surface area contributed by atoms with Crippen molar-refractivity contribution in [2.75, 3.05) is 6.61 Å². The summed E-state index contributed by atoms with van der Waals surface area (Å²) < 4.78 is 18.9. The van der Waals surface area contributed by atoms with Crippen LogP contribution in [0, 0.1) is 5.82 Å². The summed E-state index contributed by atoms with van der Waals surface area (Å²) in [5.41, 5.74) is 0.398. The van der Waals surface area contributed by atoms with Gasteiger partial charge in [-0.3, -0.25) is 0 Å². The van der Waals surface area contributed by atoms with Crippen LogP contribution in [-0.2, 0) is 0 Å². The van der Waals surface area contributed by atoms with Gasteiger partial charge < -0.3 is 9.84 Å². The summed E-state index contributed by atoms with van der Waals surface area (Å²) in [7, 11) is 0. The van der Waals surface area contributed by atoms with E-state index in [0.29, 0.717) is 5.75 Å². The third-order valence-corrected chi connectivity index (χ3v) is 2.16. The van der Waals surface area contributed by atoms with E-state index < -0.39 is 0 Å².